The largest absolute Gasteiger partial charge is 0.447 e. The van der Waals surface area contributed by atoms with Crippen LogP contribution in [0.2, 0.25) is 0 Å². The Morgan fingerprint density at radius 3 is 3.11 bits per heavy atom. The quantitative estimate of drug-likeness (QED) is 0.417. The number of esters is 1. The van der Waals surface area contributed by atoms with Gasteiger partial charge in [-0.2, -0.15) is 0 Å². The second-order valence-electron chi connectivity index (χ2n) is 1.88. The number of hydrogen-bond acceptors (Lipinski definition) is 2. The van der Waals surface area contributed by atoms with Gasteiger partial charge in [-0.25, -0.2) is 4.79 Å². The Bertz CT molecular complexity index is 147. The molecule has 0 saturated heterocycles. The lowest BCUT2D eigenvalue weighted by atomic mass is 10.3. The molecule has 0 saturated carbocycles. The SMILES string of the molecule is CCOC(=O)[CH+]C1=CC1. The molecule has 9 heavy (non-hydrogen) atoms. The van der Waals surface area contributed by atoms with Crippen LogP contribution in [0.4, 0.5) is 0 Å². The number of carbonyl (C=O) groups excluding carboxylic acids is 1. The van der Waals surface area contributed by atoms with Crippen molar-refractivity contribution in [1.82, 2.24) is 0 Å². The van der Waals surface area contributed by atoms with E-state index in [0.29, 0.717) is 6.61 Å². The van der Waals surface area contributed by atoms with Crippen LogP contribution in [-0.2, 0) is 9.53 Å². The van der Waals surface area contributed by atoms with Gasteiger partial charge < -0.3 is 4.74 Å². The minimum atomic E-state index is -0.221. The first-order valence-corrected chi connectivity index (χ1v) is 3.03. The van der Waals surface area contributed by atoms with Crippen LogP contribution in [-0.4, -0.2) is 12.6 Å². The van der Waals surface area contributed by atoms with E-state index in [0.717, 1.165) is 12.0 Å². The first-order chi connectivity index (χ1) is 4.33. The van der Waals surface area contributed by atoms with Gasteiger partial charge in [0.1, 0.15) is 5.57 Å². The maximum Gasteiger partial charge on any atom is 0.416 e. The molecule has 0 fully saturated rings. The van der Waals surface area contributed by atoms with Gasteiger partial charge in [0.05, 0.1) is 19.1 Å². The topological polar surface area (TPSA) is 26.3 Å². The molecule has 0 aromatic heterocycles. The van der Waals surface area contributed by atoms with Crippen molar-refractivity contribution in [2.45, 2.75) is 13.3 Å². The van der Waals surface area contributed by atoms with E-state index in [2.05, 4.69) is 4.74 Å². The van der Waals surface area contributed by atoms with Crippen LogP contribution in [0, 0.1) is 6.42 Å². The molecule has 1 aliphatic rings. The third-order valence-electron chi connectivity index (χ3n) is 1.03. The van der Waals surface area contributed by atoms with Crippen LogP contribution < -0.4 is 0 Å². The smallest absolute Gasteiger partial charge is 0.416 e. The van der Waals surface area contributed by atoms with E-state index in [-0.39, 0.29) is 5.97 Å². The van der Waals surface area contributed by atoms with Gasteiger partial charge in [-0.3, -0.25) is 0 Å². The molecular weight excluding hydrogens is 116 g/mol. The minimum Gasteiger partial charge on any atom is -0.447 e. The van der Waals surface area contributed by atoms with Crippen molar-refractivity contribution < 1.29 is 9.53 Å². The Balaban J connectivity index is 2.10. The summed E-state index contributed by atoms with van der Waals surface area (Å²) in [6.07, 6.45) is 4.47. The minimum absolute atomic E-state index is 0.221. The highest BCUT2D eigenvalue weighted by Gasteiger charge is 2.24. The first-order valence-electron chi connectivity index (χ1n) is 3.03. The summed E-state index contributed by atoms with van der Waals surface area (Å²) in [5, 5.41) is 0. The standard InChI is InChI=1S/C7H9O2/c1-2-9-7(8)5-6-3-4-6/h3,5H,2,4H2,1H3/q+1. The molecule has 0 spiro atoms. The van der Waals surface area contributed by atoms with E-state index in [4.69, 9.17) is 0 Å². The molecule has 0 amide bonds. The monoisotopic (exact) mass is 125 g/mol. The highest BCUT2D eigenvalue weighted by atomic mass is 16.5. The average molecular weight is 125 g/mol. The summed E-state index contributed by atoms with van der Waals surface area (Å²) in [6, 6.07) is 0. The van der Waals surface area contributed by atoms with Crippen molar-refractivity contribution in [3.05, 3.63) is 18.1 Å². The summed E-state index contributed by atoms with van der Waals surface area (Å²) >= 11 is 0. The van der Waals surface area contributed by atoms with Crippen LogP contribution in [0.3, 0.4) is 0 Å². The van der Waals surface area contributed by atoms with Crippen molar-refractivity contribution in [2.24, 2.45) is 0 Å². The molecular formula is C7H9O2+. The van der Waals surface area contributed by atoms with Gasteiger partial charge in [0.15, 0.2) is 6.42 Å². The van der Waals surface area contributed by atoms with Crippen molar-refractivity contribution in [3.63, 3.8) is 0 Å². The van der Waals surface area contributed by atoms with Crippen LogP contribution in [0.15, 0.2) is 11.6 Å². The van der Waals surface area contributed by atoms with E-state index in [1.165, 1.54) is 6.42 Å². The Hall–Kier alpha value is -0.920. The second kappa shape index (κ2) is 2.58. The molecule has 2 heteroatoms. The fourth-order valence-electron chi connectivity index (χ4n) is 0.512. The zero-order valence-electron chi connectivity index (χ0n) is 5.39. The fraction of sp³-hybridized carbons (Fsp3) is 0.429. The summed E-state index contributed by atoms with van der Waals surface area (Å²) in [5.74, 6) is -0.221. The predicted octanol–water partition coefficient (Wildman–Crippen LogP) is 1.08. The van der Waals surface area contributed by atoms with E-state index in [1.54, 1.807) is 6.92 Å². The molecule has 2 nitrogen and oxygen atoms in total. The van der Waals surface area contributed by atoms with Crippen LogP contribution in [0.25, 0.3) is 0 Å². The molecule has 1 rings (SSSR count). The van der Waals surface area contributed by atoms with Crippen LogP contribution >= 0.6 is 0 Å². The van der Waals surface area contributed by atoms with Gasteiger partial charge in [0, 0.05) is 0 Å². The van der Waals surface area contributed by atoms with E-state index < -0.39 is 0 Å². The average Bonchev–Trinajstić information content (AvgIpc) is 2.50. The molecule has 48 valence electrons. The third-order valence-corrected chi connectivity index (χ3v) is 1.03. The fourth-order valence-corrected chi connectivity index (χ4v) is 0.512. The van der Waals surface area contributed by atoms with E-state index >= 15 is 0 Å². The van der Waals surface area contributed by atoms with Crippen LogP contribution in [0.1, 0.15) is 13.3 Å². The summed E-state index contributed by atoms with van der Waals surface area (Å²) in [5.41, 5.74) is 1.09. The summed E-state index contributed by atoms with van der Waals surface area (Å²) in [4.78, 5) is 10.6. The van der Waals surface area contributed by atoms with Gasteiger partial charge in [-0.15, -0.1) is 0 Å². The van der Waals surface area contributed by atoms with Gasteiger partial charge in [0.25, 0.3) is 0 Å². The van der Waals surface area contributed by atoms with Crippen molar-refractivity contribution in [3.8, 4) is 0 Å². The zero-order valence-corrected chi connectivity index (χ0v) is 5.39. The van der Waals surface area contributed by atoms with Gasteiger partial charge in [-0.1, -0.05) is 0 Å². The maximum absolute atomic E-state index is 10.6. The number of rotatable bonds is 3. The third kappa shape index (κ3) is 2.22. The highest BCUT2D eigenvalue weighted by Crippen LogP contribution is 2.21. The Kier molecular flexibility index (Phi) is 1.78. The molecule has 0 heterocycles. The summed E-state index contributed by atoms with van der Waals surface area (Å²) in [6.45, 7) is 2.26. The Morgan fingerprint density at radius 2 is 2.67 bits per heavy atom. The van der Waals surface area contributed by atoms with Gasteiger partial charge in [0.2, 0.25) is 0 Å². The molecule has 0 radical (unpaired) electrons. The van der Waals surface area contributed by atoms with Crippen LogP contribution in [0.5, 0.6) is 0 Å². The first kappa shape index (κ1) is 6.20. The molecule has 0 aliphatic heterocycles. The Labute approximate surface area is 54.5 Å². The molecule has 0 aromatic carbocycles. The van der Waals surface area contributed by atoms with Crippen molar-refractivity contribution in [2.75, 3.05) is 6.61 Å². The lowest BCUT2D eigenvalue weighted by Gasteiger charge is -1.90. The van der Waals surface area contributed by atoms with Crippen molar-refractivity contribution in [1.29, 1.82) is 0 Å². The zero-order chi connectivity index (χ0) is 6.69. The van der Waals surface area contributed by atoms with Gasteiger partial charge in [-0.05, 0) is 6.92 Å². The lowest BCUT2D eigenvalue weighted by Crippen LogP contribution is -2.02. The van der Waals surface area contributed by atoms with E-state index in [1.807, 2.05) is 6.08 Å². The normalized spacial score (nSPS) is 14.1. The summed E-state index contributed by atoms with van der Waals surface area (Å²) in [7, 11) is 0. The lowest BCUT2D eigenvalue weighted by molar-refractivity contribution is -0.138. The number of allylic oxidation sites excluding steroid dienone is 1. The Morgan fingerprint density at radius 1 is 2.00 bits per heavy atom. The molecule has 1 aliphatic carbocycles. The van der Waals surface area contributed by atoms with E-state index in [9.17, 15) is 4.79 Å². The maximum atomic E-state index is 10.6. The predicted molar refractivity (Wildman–Crippen MR) is 33.6 cm³/mol. The highest BCUT2D eigenvalue weighted by molar-refractivity contribution is 5.84. The molecule has 0 N–H and O–H groups in total. The second-order valence-corrected chi connectivity index (χ2v) is 1.88. The molecule has 0 aromatic rings. The summed E-state index contributed by atoms with van der Waals surface area (Å²) < 4.78 is 4.66. The van der Waals surface area contributed by atoms with Crippen molar-refractivity contribution >= 4 is 5.97 Å². The molecule has 0 bridgehead atoms. The molecule has 0 unspecified atom stereocenters. The number of carbonyl (C=O) groups is 1. The number of ether oxygens (including phenoxy) is 1. The number of hydrogen-bond donors (Lipinski definition) is 0. The molecule has 0 atom stereocenters. The van der Waals surface area contributed by atoms with Gasteiger partial charge >= 0.3 is 5.97 Å².